The predicted molar refractivity (Wildman–Crippen MR) is 78.6 cm³/mol. The molecule has 3 heterocycles. The molecule has 1 aliphatic heterocycles. The second-order valence-electron chi connectivity index (χ2n) is 4.72. The largest absolute Gasteiger partial charge is 0.465 e. The van der Waals surface area contributed by atoms with Crippen molar-refractivity contribution in [1.29, 1.82) is 0 Å². The van der Waals surface area contributed by atoms with E-state index < -0.39 is 0 Å². The van der Waals surface area contributed by atoms with Crippen molar-refractivity contribution in [3.05, 3.63) is 48.8 Å². The monoisotopic (exact) mass is 284 g/mol. The number of amides is 1. The second-order valence-corrected chi connectivity index (χ2v) is 4.72. The maximum absolute atomic E-state index is 12.1. The summed E-state index contributed by atoms with van der Waals surface area (Å²) in [5, 5.41) is 0. The molecule has 2 aromatic rings. The van der Waals surface area contributed by atoms with Crippen LogP contribution in [0.5, 0.6) is 0 Å². The molecule has 6 nitrogen and oxygen atoms in total. The van der Waals surface area contributed by atoms with Gasteiger partial charge in [-0.05, 0) is 18.2 Å². The Morgan fingerprint density at radius 3 is 2.76 bits per heavy atom. The van der Waals surface area contributed by atoms with Gasteiger partial charge in [0.15, 0.2) is 0 Å². The van der Waals surface area contributed by atoms with Gasteiger partial charge in [0.05, 0.1) is 12.5 Å². The van der Waals surface area contributed by atoms with Gasteiger partial charge in [-0.15, -0.1) is 0 Å². The fourth-order valence-corrected chi connectivity index (χ4v) is 2.26. The number of rotatable bonds is 3. The maximum atomic E-state index is 12.1. The van der Waals surface area contributed by atoms with Crippen LogP contribution in [0.3, 0.4) is 0 Å². The van der Waals surface area contributed by atoms with Crippen LogP contribution in [0.25, 0.3) is 6.08 Å². The Bertz CT molecular complexity index is 602. The molecule has 108 valence electrons. The van der Waals surface area contributed by atoms with Crippen molar-refractivity contribution in [3.63, 3.8) is 0 Å². The Morgan fingerprint density at radius 2 is 2.10 bits per heavy atom. The zero-order chi connectivity index (χ0) is 14.5. The number of hydrogen-bond donors (Lipinski definition) is 0. The lowest BCUT2D eigenvalue weighted by Crippen LogP contribution is -2.48. The Hall–Kier alpha value is -2.63. The van der Waals surface area contributed by atoms with Gasteiger partial charge in [0.2, 0.25) is 5.91 Å². The highest BCUT2D eigenvalue weighted by Crippen LogP contribution is 2.12. The molecule has 0 aliphatic carbocycles. The summed E-state index contributed by atoms with van der Waals surface area (Å²) in [6.45, 7) is 2.88. The van der Waals surface area contributed by atoms with Gasteiger partial charge in [-0.3, -0.25) is 9.78 Å². The molecule has 0 N–H and O–H groups in total. The van der Waals surface area contributed by atoms with Crippen LogP contribution in [0.2, 0.25) is 0 Å². The minimum absolute atomic E-state index is 0.00481. The average molecular weight is 284 g/mol. The standard InChI is InChI=1S/C15H16N4O2/c20-15(4-3-13-2-1-11-21-13)19-9-7-18(8-10-19)14-12-16-5-6-17-14/h1-6,11-12H,7-10H2/b4-3+. The molecular weight excluding hydrogens is 268 g/mol. The molecule has 6 heteroatoms. The molecule has 2 aromatic heterocycles. The summed E-state index contributed by atoms with van der Waals surface area (Å²) < 4.78 is 5.17. The topological polar surface area (TPSA) is 62.5 Å². The van der Waals surface area contributed by atoms with Gasteiger partial charge < -0.3 is 14.2 Å². The van der Waals surface area contributed by atoms with E-state index in [2.05, 4.69) is 14.9 Å². The van der Waals surface area contributed by atoms with E-state index in [4.69, 9.17) is 4.42 Å². The van der Waals surface area contributed by atoms with Crippen molar-refractivity contribution < 1.29 is 9.21 Å². The fraction of sp³-hybridized carbons (Fsp3) is 0.267. The van der Waals surface area contributed by atoms with E-state index in [1.165, 1.54) is 0 Å². The van der Waals surface area contributed by atoms with Crippen molar-refractivity contribution >= 4 is 17.8 Å². The molecule has 1 fully saturated rings. The highest BCUT2D eigenvalue weighted by molar-refractivity contribution is 5.91. The molecule has 0 bridgehead atoms. The number of anilines is 1. The summed E-state index contributed by atoms with van der Waals surface area (Å²) >= 11 is 0. The molecule has 0 aromatic carbocycles. The number of carbonyl (C=O) groups excluding carboxylic acids is 1. The Balaban J connectivity index is 1.55. The van der Waals surface area contributed by atoms with Gasteiger partial charge in [0, 0.05) is 44.6 Å². The summed E-state index contributed by atoms with van der Waals surface area (Å²) in [6.07, 6.45) is 9.91. The maximum Gasteiger partial charge on any atom is 0.246 e. The minimum Gasteiger partial charge on any atom is -0.465 e. The quantitative estimate of drug-likeness (QED) is 0.798. The molecule has 0 radical (unpaired) electrons. The molecule has 1 saturated heterocycles. The van der Waals surface area contributed by atoms with Crippen molar-refractivity contribution in [1.82, 2.24) is 14.9 Å². The zero-order valence-electron chi connectivity index (χ0n) is 11.6. The number of piperazine rings is 1. The van der Waals surface area contributed by atoms with Gasteiger partial charge in [-0.2, -0.15) is 0 Å². The van der Waals surface area contributed by atoms with E-state index in [0.29, 0.717) is 18.8 Å². The number of aromatic nitrogens is 2. The van der Waals surface area contributed by atoms with E-state index in [1.54, 1.807) is 43.1 Å². The van der Waals surface area contributed by atoms with E-state index in [1.807, 2.05) is 11.0 Å². The highest BCUT2D eigenvalue weighted by Gasteiger charge is 2.20. The van der Waals surface area contributed by atoms with Crippen molar-refractivity contribution in [3.8, 4) is 0 Å². The number of hydrogen-bond acceptors (Lipinski definition) is 5. The summed E-state index contributed by atoms with van der Waals surface area (Å²) in [4.78, 5) is 24.4. The second kappa shape index (κ2) is 6.21. The number of carbonyl (C=O) groups is 1. The van der Waals surface area contributed by atoms with Crippen molar-refractivity contribution in [2.45, 2.75) is 0 Å². The lowest BCUT2D eigenvalue weighted by Gasteiger charge is -2.34. The van der Waals surface area contributed by atoms with Crippen LogP contribution in [0.1, 0.15) is 5.76 Å². The van der Waals surface area contributed by atoms with Crippen LogP contribution < -0.4 is 4.90 Å². The van der Waals surface area contributed by atoms with Crippen LogP contribution >= 0.6 is 0 Å². The first kappa shape index (κ1) is 13.4. The van der Waals surface area contributed by atoms with Crippen LogP contribution in [0.15, 0.2) is 47.5 Å². The van der Waals surface area contributed by atoms with E-state index in [0.717, 1.165) is 18.9 Å². The van der Waals surface area contributed by atoms with Gasteiger partial charge in [0.1, 0.15) is 11.6 Å². The highest BCUT2D eigenvalue weighted by atomic mass is 16.3. The average Bonchev–Trinajstić information content (AvgIpc) is 3.07. The Morgan fingerprint density at radius 1 is 1.24 bits per heavy atom. The van der Waals surface area contributed by atoms with Crippen molar-refractivity contribution in [2.75, 3.05) is 31.1 Å². The third kappa shape index (κ3) is 3.28. The zero-order valence-corrected chi connectivity index (χ0v) is 11.6. The van der Waals surface area contributed by atoms with Crippen LogP contribution in [0, 0.1) is 0 Å². The Kier molecular flexibility index (Phi) is 3.95. The van der Waals surface area contributed by atoms with Gasteiger partial charge in [-0.1, -0.05) is 0 Å². The molecule has 1 aliphatic rings. The molecule has 0 spiro atoms. The van der Waals surface area contributed by atoms with Gasteiger partial charge >= 0.3 is 0 Å². The first-order valence-corrected chi connectivity index (χ1v) is 6.84. The predicted octanol–water partition coefficient (Wildman–Crippen LogP) is 1.43. The lowest BCUT2D eigenvalue weighted by molar-refractivity contribution is -0.126. The van der Waals surface area contributed by atoms with E-state index >= 15 is 0 Å². The first-order chi connectivity index (χ1) is 10.3. The first-order valence-electron chi connectivity index (χ1n) is 6.84. The van der Waals surface area contributed by atoms with Gasteiger partial charge in [0.25, 0.3) is 0 Å². The molecule has 3 rings (SSSR count). The Labute approximate surface area is 122 Å². The van der Waals surface area contributed by atoms with Crippen LogP contribution in [0.4, 0.5) is 5.82 Å². The lowest BCUT2D eigenvalue weighted by atomic mass is 10.3. The summed E-state index contributed by atoms with van der Waals surface area (Å²) in [5.41, 5.74) is 0. The third-order valence-corrected chi connectivity index (χ3v) is 3.40. The van der Waals surface area contributed by atoms with Gasteiger partial charge in [-0.25, -0.2) is 4.98 Å². The van der Waals surface area contributed by atoms with Crippen LogP contribution in [-0.2, 0) is 4.79 Å². The van der Waals surface area contributed by atoms with E-state index in [-0.39, 0.29) is 5.91 Å². The molecule has 1 amide bonds. The molecule has 0 saturated carbocycles. The van der Waals surface area contributed by atoms with Crippen LogP contribution in [-0.4, -0.2) is 47.0 Å². The number of nitrogens with zero attached hydrogens (tertiary/aromatic N) is 4. The normalized spacial score (nSPS) is 15.6. The molecule has 0 atom stereocenters. The number of furan rings is 1. The smallest absolute Gasteiger partial charge is 0.246 e. The SMILES string of the molecule is O=C(/C=C/c1ccco1)N1CCN(c2cnccn2)CC1. The molecular formula is C15H16N4O2. The fourth-order valence-electron chi connectivity index (χ4n) is 2.26. The molecule has 0 unspecified atom stereocenters. The molecule has 21 heavy (non-hydrogen) atoms. The summed E-state index contributed by atoms with van der Waals surface area (Å²) in [6, 6.07) is 3.61. The summed E-state index contributed by atoms with van der Waals surface area (Å²) in [5.74, 6) is 1.54. The third-order valence-electron chi connectivity index (χ3n) is 3.40. The minimum atomic E-state index is 0.00481. The van der Waals surface area contributed by atoms with Crippen molar-refractivity contribution in [2.24, 2.45) is 0 Å². The summed E-state index contributed by atoms with van der Waals surface area (Å²) in [7, 11) is 0. The van der Waals surface area contributed by atoms with E-state index in [9.17, 15) is 4.79 Å².